The van der Waals surface area contributed by atoms with Crippen molar-refractivity contribution in [2.75, 3.05) is 26.2 Å². The van der Waals surface area contributed by atoms with E-state index in [0.29, 0.717) is 18.0 Å². The molecule has 29 heavy (non-hydrogen) atoms. The van der Waals surface area contributed by atoms with E-state index in [1.807, 2.05) is 6.07 Å². The molecule has 7 nitrogen and oxygen atoms in total. The zero-order valence-corrected chi connectivity index (χ0v) is 17.2. The summed E-state index contributed by atoms with van der Waals surface area (Å²) in [6.45, 7) is 3.53. The zero-order valence-electron chi connectivity index (χ0n) is 16.4. The van der Waals surface area contributed by atoms with Gasteiger partial charge in [-0.15, -0.1) is 0 Å². The van der Waals surface area contributed by atoms with Crippen molar-refractivity contribution in [1.82, 2.24) is 9.29 Å². The van der Waals surface area contributed by atoms with Crippen LogP contribution >= 0.6 is 0 Å². The van der Waals surface area contributed by atoms with Gasteiger partial charge in [0.25, 0.3) is 0 Å². The molecule has 1 aliphatic heterocycles. The largest absolute Gasteiger partial charge is 0.419 e. The fraction of sp³-hybridized carbons (Fsp3) is 0.381. The van der Waals surface area contributed by atoms with E-state index in [2.05, 4.69) is 29.0 Å². The minimum Gasteiger partial charge on any atom is -0.408 e. The van der Waals surface area contributed by atoms with E-state index < -0.39 is 15.8 Å². The number of nitrogens with one attached hydrogen (secondary N) is 2. The summed E-state index contributed by atoms with van der Waals surface area (Å²) in [7, 11) is -2.06. The standard InChI is InChI=1S/C21H25N3O4S/c1-23-19-8-7-18(13-20(19)28-21(23)25)29(26,27)22-14-17-10-12-24(15-17)11-9-16-5-3-2-4-6-16/h2-8,13,17,22H,9-12,14-15H2,1H3/p+1/t17-/m0/s1. The minimum atomic E-state index is -3.65. The van der Waals surface area contributed by atoms with E-state index in [0.717, 1.165) is 32.5 Å². The first-order valence-corrected chi connectivity index (χ1v) is 11.4. The second-order valence-corrected chi connectivity index (χ2v) is 9.52. The maximum absolute atomic E-state index is 12.7. The number of aromatic nitrogens is 1. The maximum Gasteiger partial charge on any atom is 0.419 e. The summed E-state index contributed by atoms with van der Waals surface area (Å²) >= 11 is 0. The third-order valence-electron chi connectivity index (χ3n) is 5.73. The molecule has 2 atom stereocenters. The van der Waals surface area contributed by atoms with Gasteiger partial charge in [-0.3, -0.25) is 4.57 Å². The molecule has 0 aliphatic carbocycles. The van der Waals surface area contributed by atoms with Crippen molar-refractivity contribution >= 4 is 21.1 Å². The van der Waals surface area contributed by atoms with E-state index in [-0.39, 0.29) is 10.5 Å². The summed E-state index contributed by atoms with van der Waals surface area (Å²) in [4.78, 5) is 13.2. The van der Waals surface area contributed by atoms with Crippen molar-refractivity contribution in [1.29, 1.82) is 0 Å². The molecule has 0 spiro atoms. The first-order valence-electron chi connectivity index (χ1n) is 9.89. The molecule has 2 aromatic carbocycles. The van der Waals surface area contributed by atoms with Crippen LogP contribution in [-0.2, 0) is 23.5 Å². The second-order valence-electron chi connectivity index (χ2n) is 7.75. The van der Waals surface area contributed by atoms with Crippen LogP contribution in [0.3, 0.4) is 0 Å². The number of aryl methyl sites for hydroxylation is 1. The highest BCUT2D eigenvalue weighted by Gasteiger charge is 2.27. The lowest BCUT2D eigenvalue weighted by atomic mass is 10.1. The molecule has 2 heterocycles. The van der Waals surface area contributed by atoms with Gasteiger partial charge < -0.3 is 9.32 Å². The quantitative estimate of drug-likeness (QED) is 0.589. The minimum absolute atomic E-state index is 0.116. The number of benzene rings is 2. The Kier molecular flexibility index (Phi) is 5.58. The maximum atomic E-state index is 12.7. The van der Waals surface area contributed by atoms with Crippen molar-refractivity contribution < 1.29 is 17.7 Å². The van der Waals surface area contributed by atoms with Crippen LogP contribution in [0.25, 0.3) is 11.1 Å². The number of rotatable bonds is 7. The van der Waals surface area contributed by atoms with E-state index >= 15 is 0 Å². The molecule has 3 aromatic rings. The first-order chi connectivity index (χ1) is 13.9. The van der Waals surface area contributed by atoms with Crippen LogP contribution in [0.4, 0.5) is 0 Å². The van der Waals surface area contributed by atoms with Gasteiger partial charge in [-0.05, 0) is 17.7 Å². The van der Waals surface area contributed by atoms with Crippen LogP contribution in [-0.4, -0.2) is 39.2 Å². The molecule has 1 unspecified atom stereocenters. The molecule has 4 rings (SSSR count). The average molecular weight is 417 g/mol. The Labute approximate surface area is 170 Å². The lowest BCUT2D eigenvalue weighted by molar-refractivity contribution is -0.888. The second kappa shape index (κ2) is 8.14. The fourth-order valence-electron chi connectivity index (χ4n) is 3.98. The number of likely N-dealkylation sites (tertiary alicyclic amines) is 1. The third-order valence-corrected chi connectivity index (χ3v) is 7.15. The topological polar surface area (TPSA) is 85.8 Å². The molecule has 1 fully saturated rings. The van der Waals surface area contributed by atoms with Gasteiger partial charge in [0, 0.05) is 38.4 Å². The Hall–Kier alpha value is -2.42. The Morgan fingerprint density at radius 3 is 2.79 bits per heavy atom. The average Bonchev–Trinajstić information content (AvgIpc) is 3.30. The summed E-state index contributed by atoms with van der Waals surface area (Å²) in [5.74, 6) is -0.180. The lowest BCUT2D eigenvalue weighted by Gasteiger charge is -2.14. The molecule has 1 saturated heterocycles. The van der Waals surface area contributed by atoms with Crippen LogP contribution in [0.1, 0.15) is 12.0 Å². The highest BCUT2D eigenvalue weighted by Crippen LogP contribution is 2.18. The molecule has 0 radical (unpaired) electrons. The number of nitrogens with zero attached hydrogens (tertiary/aromatic N) is 1. The van der Waals surface area contributed by atoms with Gasteiger partial charge in [0.05, 0.1) is 30.0 Å². The van der Waals surface area contributed by atoms with Crippen molar-refractivity contribution in [3.8, 4) is 0 Å². The molecule has 8 heteroatoms. The molecule has 154 valence electrons. The van der Waals surface area contributed by atoms with Crippen LogP contribution < -0.4 is 15.4 Å². The van der Waals surface area contributed by atoms with Crippen LogP contribution in [0.5, 0.6) is 0 Å². The summed E-state index contributed by atoms with van der Waals surface area (Å²) in [5.41, 5.74) is 2.19. The van der Waals surface area contributed by atoms with Crippen molar-refractivity contribution in [2.45, 2.75) is 17.7 Å². The molecular formula is C21H26N3O4S+. The number of sulfonamides is 1. The van der Waals surface area contributed by atoms with Crippen LogP contribution in [0.2, 0.25) is 0 Å². The molecule has 1 aliphatic rings. The van der Waals surface area contributed by atoms with Gasteiger partial charge in [-0.25, -0.2) is 17.9 Å². The van der Waals surface area contributed by atoms with E-state index in [9.17, 15) is 13.2 Å². The molecular weight excluding hydrogens is 390 g/mol. The van der Waals surface area contributed by atoms with E-state index in [4.69, 9.17) is 4.42 Å². The van der Waals surface area contributed by atoms with E-state index in [1.54, 1.807) is 13.1 Å². The molecule has 0 saturated carbocycles. The van der Waals surface area contributed by atoms with Crippen LogP contribution in [0, 0.1) is 5.92 Å². The van der Waals surface area contributed by atoms with Crippen molar-refractivity contribution in [3.63, 3.8) is 0 Å². The van der Waals surface area contributed by atoms with Crippen LogP contribution in [0.15, 0.2) is 62.6 Å². The number of quaternary nitrogens is 1. The Morgan fingerprint density at radius 2 is 2.00 bits per heavy atom. The predicted molar refractivity (Wildman–Crippen MR) is 110 cm³/mol. The Morgan fingerprint density at radius 1 is 1.21 bits per heavy atom. The van der Waals surface area contributed by atoms with Crippen molar-refractivity contribution in [2.24, 2.45) is 13.0 Å². The number of hydrogen-bond donors (Lipinski definition) is 2. The monoisotopic (exact) mass is 416 g/mol. The highest BCUT2D eigenvalue weighted by atomic mass is 32.2. The van der Waals surface area contributed by atoms with Gasteiger partial charge in [0.15, 0.2) is 5.58 Å². The highest BCUT2D eigenvalue weighted by molar-refractivity contribution is 7.89. The number of oxazole rings is 1. The summed E-state index contributed by atoms with van der Waals surface area (Å²) < 4.78 is 34.5. The fourth-order valence-corrected chi connectivity index (χ4v) is 5.11. The lowest BCUT2D eigenvalue weighted by Crippen LogP contribution is -3.10. The SMILES string of the molecule is Cn1c(=O)oc2cc(S(=O)(=O)NC[C@@H]3CC[NH+](CCc4ccccc4)C3)ccc21. The molecule has 2 N–H and O–H groups in total. The zero-order chi connectivity index (χ0) is 20.4. The number of fused-ring (bicyclic) bond motifs is 1. The molecule has 1 aromatic heterocycles. The van der Waals surface area contributed by atoms with E-state index in [1.165, 1.54) is 27.2 Å². The molecule has 0 bridgehead atoms. The molecule has 0 amide bonds. The van der Waals surface area contributed by atoms with Crippen molar-refractivity contribution in [3.05, 3.63) is 64.6 Å². The third kappa shape index (κ3) is 4.44. The summed E-state index contributed by atoms with van der Waals surface area (Å²) in [6, 6.07) is 14.9. The van der Waals surface area contributed by atoms with Gasteiger partial charge in [0.1, 0.15) is 0 Å². The summed E-state index contributed by atoms with van der Waals surface area (Å²) in [6.07, 6.45) is 2.05. The summed E-state index contributed by atoms with van der Waals surface area (Å²) in [5, 5.41) is 0. The normalized spacial score (nSPS) is 19.8. The Balaban J connectivity index is 1.33. The van der Waals surface area contributed by atoms with Gasteiger partial charge >= 0.3 is 5.76 Å². The van der Waals surface area contributed by atoms with Gasteiger partial charge in [-0.2, -0.15) is 0 Å². The first kappa shape index (κ1) is 19.9. The predicted octanol–water partition coefficient (Wildman–Crippen LogP) is 0.557. The smallest absolute Gasteiger partial charge is 0.408 e. The Bertz CT molecular complexity index is 1150. The van der Waals surface area contributed by atoms with Gasteiger partial charge in [-0.1, -0.05) is 30.3 Å². The number of hydrogen-bond acceptors (Lipinski definition) is 4. The van der Waals surface area contributed by atoms with Gasteiger partial charge in [0.2, 0.25) is 10.0 Å².